The van der Waals surface area contributed by atoms with E-state index in [1.54, 1.807) is 25.1 Å². The Balaban J connectivity index is 0.00000289. The Kier molecular flexibility index (Phi) is 7.68. The summed E-state index contributed by atoms with van der Waals surface area (Å²) in [4.78, 5) is 14.8. The fraction of sp³-hybridized carbons (Fsp3) is 0.273. The zero-order chi connectivity index (χ0) is 21.8. The van der Waals surface area contributed by atoms with Gasteiger partial charge in [0.1, 0.15) is 5.76 Å². The smallest absolute Gasteiger partial charge is 0.256 e. The van der Waals surface area contributed by atoms with Crippen LogP contribution in [0.3, 0.4) is 0 Å². The van der Waals surface area contributed by atoms with Crippen molar-refractivity contribution in [3.8, 4) is 0 Å². The number of carbonyl (C=O) groups excluding carboxylic acids is 1. The molecule has 32 heavy (non-hydrogen) atoms. The number of aryl methyl sites for hydroxylation is 1. The van der Waals surface area contributed by atoms with Crippen LogP contribution in [0, 0.1) is 6.92 Å². The van der Waals surface area contributed by atoms with E-state index in [4.69, 9.17) is 4.52 Å². The fourth-order valence-corrected chi connectivity index (χ4v) is 5.00. The van der Waals surface area contributed by atoms with Crippen molar-refractivity contribution in [1.82, 2.24) is 14.4 Å². The minimum Gasteiger partial charge on any atom is -0.360 e. The third-order valence-electron chi connectivity index (χ3n) is 5.18. The molecule has 1 aromatic heterocycles. The first-order valence-electron chi connectivity index (χ1n) is 10.0. The van der Waals surface area contributed by atoms with Crippen molar-refractivity contribution >= 4 is 34.2 Å². The molecular weight excluding hydrogens is 452 g/mol. The van der Waals surface area contributed by atoms with E-state index in [1.807, 2.05) is 18.2 Å². The lowest BCUT2D eigenvalue weighted by Crippen LogP contribution is -2.48. The van der Waals surface area contributed by atoms with Gasteiger partial charge in [0.15, 0.2) is 5.82 Å². The topological polar surface area (TPSA) is 95.8 Å². The number of carbonyl (C=O) groups is 1. The van der Waals surface area contributed by atoms with Crippen LogP contribution in [0.1, 0.15) is 21.7 Å². The number of nitrogens with one attached hydrogen (secondary N) is 1. The molecule has 0 spiro atoms. The van der Waals surface area contributed by atoms with Crippen LogP contribution in [0.4, 0.5) is 5.82 Å². The van der Waals surface area contributed by atoms with Crippen LogP contribution in [0.25, 0.3) is 0 Å². The number of rotatable bonds is 6. The minimum absolute atomic E-state index is 0. The number of aromatic nitrogens is 1. The lowest BCUT2D eigenvalue weighted by molar-refractivity contribution is 0.102. The second-order valence-corrected chi connectivity index (χ2v) is 9.41. The third kappa shape index (κ3) is 5.55. The van der Waals surface area contributed by atoms with Crippen molar-refractivity contribution in [2.75, 3.05) is 31.5 Å². The summed E-state index contributed by atoms with van der Waals surface area (Å²) < 4.78 is 32.7. The predicted octanol–water partition coefficient (Wildman–Crippen LogP) is 3.16. The number of sulfonamides is 1. The second kappa shape index (κ2) is 10.3. The Hall–Kier alpha value is -2.72. The molecule has 0 atom stereocenters. The summed E-state index contributed by atoms with van der Waals surface area (Å²) in [7, 11) is -3.69. The largest absolute Gasteiger partial charge is 0.360 e. The summed E-state index contributed by atoms with van der Waals surface area (Å²) in [6.45, 7) is 4.63. The van der Waals surface area contributed by atoms with Crippen molar-refractivity contribution < 1.29 is 17.7 Å². The molecule has 0 saturated carbocycles. The number of hydrogen-bond acceptors (Lipinski definition) is 6. The van der Waals surface area contributed by atoms with Gasteiger partial charge in [-0.25, -0.2) is 8.42 Å². The molecular formula is C22H25ClN4O4S. The highest BCUT2D eigenvalue weighted by Gasteiger charge is 2.29. The molecule has 1 saturated heterocycles. The maximum atomic E-state index is 13.1. The van der Waals surface area contributed by atoms with Gasteiger partial charge in [-0.05, 0) is 30.7 Å². The van der Waals surface area contributed by atoms with Gasteiger partial charge >= 0.3 is 0 Å². The average Bonchev–Trinajstić information content (AvgIpc) is 3.19. The quantitative estimate of drug-likeness (QED) is 0.587. The van der Waals surface area contributed by atoms with Crippen molar-refractivity contribution in [2.45, 2.75) is 18.4 Å². The number of halogens is 1. The van der Waals surface area contributed by atoms with Gasteiger partial charge < -0.3 is 9.84 Å². The third-order valence-corrected chi connectivity index (χ3v) is 7.08. The van der Waals surface area contributed by atoms with E-state index in [9.17, 15) is 13.2 Å². The number of hydrogen-bond donors (Lipinski definition) is 1. The summed E-state index contributed by atoms with van der Waals surface area (Å²) in [5.74, 6) is 0.404. The van der Waals surface area contributed by atoms with Crippen LogP contribution < -0.4 is 5.32 Å². The molecule has 1 aliphatic rings. The molecule has 2 aromatic carbocycles. The molecule has 3 aromatic rings. The second-order valence-electron chi connectivity index (χ2n) is 7.47. The van der Waals surface area contributed by atoms with Crippen molar-refractivity contribution in [1.29, 1.82) is 0 Å². The summed E-state index contributed by atoms with van der Waals surface area (Å²) in [6.07, 6.45) is 0. The van der Waals surface area contributed by atoms with Crippen LogP contribution in [0.2, 0.25) is 0 Å². The molecule has 0 radical (unpaired) electrons. The van der Waals surface area contributed by atoms with Gasteiger partial charge in [0.25, 0.3) is 5.91 Å². The molecule has 1 N–H and O–H groups in total. The average molecular weight is 477 g/mol. The van der Waals surface area contributed by atoms with E-state index in [2.05, 4.69) is 27.5 Å². The predicted molar refractivity (Wildman–Crippen MR) is 123 cm³/mol. The number of piperazine rings is 1. The molecule has 0 aliphatic carbocycles. The first-order valence-corrected chi connectivity index (χ1v) is 11.5. The maximum Gasteiger partial charge on any atom is 0.256 e. The zero-order valence-corrected chi connectivity index (χ0v) is 19.2. The van der Waals surface area contributed by atoms with Crippen molar-refractivity contribution in [3.05, 3.63) is 77.6 Å². The molecule has 1 aliphatic heterocycles. The Morgan fingerprint density at radius 3 is 2.41 bits per heavy atom. The SMILES string of the molecule is Cc1cc(NC(=O)c2cccc(S(=O)(=O)N3CCN(Cc4ccccc4)CC3)c2)no1.Cl. The Bertz CT molecular complexity index is 1160. The maximum absolute atomic E-state index is 13.1. The number of amides is 1. The molecule has 170 valence electrons. The molecule has 10 heteroatoms. The minimum atomic E-state index is -3.69. The van der Waals surface area contributed by atoms with Gasteiger partial charge in [-0.3, -0.25) is 9.69 Å². The van der Waals surface area contributed by atoms with Gasteiger partial charge in [0.2, 0.25) is 10.0 Å². The number of benzene rings is 2. The van der Waals surface area contributed by atoms with Crippen LogP contribution in [-0.4, -0.2) is 54.9 Å². The molecule has 8 nitrogen and oxygen atoms in total. The van der Waals surface area contributed by atoms with E-state index < -0.39 is 15.9 Å². The normalized spacial score (nSPS) is 15.2. The van der Waals surface area contributed by atoms with E-state index in [0.717, 1.165) is 6.54 Å². The van der Waals surface area contributed by atoms with Crippen LogP contribution in [-0.2, 0) is 16.6 Å². The van der Waals surface area contributed by atoms with Gasteiger partial charge in [0.05, 0.1) is 4.90 Å². The van der Waals surface area contributed by atoms with Crippen LogP contribution in [0.15, 0.2) is 70.1 Å². The van der Waals surface area contributed by atoms with E-state index in [-0.39, 0.29) is 28.7 Å². The molecule has 1 fully saturated rings. The van der Waals surface area contributed by atoms with Crippen molar-refractivity contribution in [3.63, 3.8) is 0 Å². The molecule has 0 unspecified atom stereocenters. The molecule has 2 heterocycles. The number of anilines is 1. The summed E-state index contributed by atoms with van der Waals surface area (Å²) in [6, 6.07) is 17.8. The first kappa shape index (κ1) is 23.9. The van der Waals surface area contributed by atoms with Gasteiger partial charge in [-0.15, -0.1) is 12.4 Å². The molecule has 4 rings (SSSR count). The van der Waals surface area contributed by atoms with Crippen LogP contribution in [0.5, 0.6) is 0 Å². The van der Waals surface area contributed by atoms with Crippen molar-refractivity contribution in [2.24, 2.45) is 0 Å². The zero-order valence-electron chi connectivity index (χ0n) is 17.6. The summed E-state index contributed by atoms with van der Waals surface area (Å²) >= 11 is 0. The van der Waals surface area contributed by atoms with Gasteiger partial charge in [0, 0.05) is 44.4 Å². The monoisotopic (exact) mass is 476 g/mol. The number of nitrogens with zero attached hydrogens (tertiary/aromatic N) is 3. The van der Waals surface area contributed by atoms with E-state index in [1.165, 1.54) is 22.0 Å². The lowest BCUT2D eigenvalue weighted by atomic mass is 10.2. The summed E-state index contributed by atoms with van der Waals surface area (Å²) in [5.41, 5.74) is 1.45. The van der Waals surface area contributed by atoms with Crippen LogP contribution >= 0.6 is 12.4 Å². The van der Waals surface area contributed by atoms with Gasteiger partial charge in [-0.2, -0.15) is 4.31 Å². The molecule has 1 amide bonds. The van der Waals surface area contributed by atoms with E-state index >= 15 is 0 Å². The van der Waals surface area contributed by atoms with Gasteiger partial charge in [-0.1, -0.05) is 41.6 Å². The highest BCUT2D eigenvalue weighted by molar-refractivity contribution is 7.89. The lowest BCUT2D eigenvalue weighted by Gasteiger charge is -2.34. The Labute approximate surface area is 193 Å². The first-order chi connectivity index (χ1) is 14.9. The fourth-order valence-electron chi connectivity index (χ4n) is 3.53. The summed E-state index contributed by atoms with van der Waals surface area (Å²) in [5, 5.41) is 6.33. The Morgan fingerprint density at radius 1 is 1.03 bits per heavy atom. The highest BCUT2D eigenvalue weighted by Crippen LogP contribution is 2.20. The standard InChI is InChI=1S/C22H24N4O4S.ClH/c1-17-14-21(24-30-17)23-22(27)19-8-5-9-20(15-19)31(28,29)26-12-10-25(11-13-26)16-18-6-3-2-4-7-18;/h2-9,14-15H,10-13,16H2,1H3,(H,23,24,27);1H. The highest BCUT2D eigenvalue weighted by atomic mass is 35.5. The molecule has 0 bridgehead atoms. The van der Waals surface area contributed by atoms with E-state index in [0.29, 0.717) is 31.9 Å². The Morgan fingerprint density at radius 2 is 1.75 bits per heavy atom.